The van der Waals surface area contributed by atoms with Gasteiger partial charge in [-0.2, -0.15) is 0 Å². The van der Waals surface area contributed by atoms with Crippen LogP contribution in [0.5, 0.6) is 0 Å². The highest BCUT2D eigenvalue weighted by atomic mass is 35.5. The van der Waals surface area contributed by atoms with Crippen molar-refractivity contribution < 1.29 is 19.5 Å². The molecule has 0 saturated heterocycles. The van der Waals surface area contributed by atoms with E-state index in [0.29, 0.717) is 16.4 Å². The zero-order valence-corrected chi connectivity index (χ0v) is 12.9. The van der Waals surface area contributed by atoms with Crippen molar-refractivity contribution in [2.24, 2.45) is 0 Å². The second-order valence-corrected chi connectivity index (χ2v) is 4.88. The zero-order chi connectivity index (χ0) is 17.2. The third kappa shape index (κ3) is 8.32. The lowest BCUT2D eigenvalue weighted by Gasteiger charge is -2.10. The molecule has 0 unspecified atom stereocenters. The fraction of sp³-hybridized carbons (Fsp3) is 0.214. The van der Waals surface area contributed by atoms with Crippen LogP contribution in [0.3, 0.4) is 0 Å². The minimum absolute atomic E-state index is 0.0621. The molecular formula is C14H17ClN4O4. The van der Waals surface area contributed by atoms with Gasteiger partial charge in [0, 0.05) is 16.4 Å². The summed E-state index contributed by atoms with van der Waals surface area (Å²) in [6.45, 7) is 3.11. The van der Waals surface area contributed by atoms with E-state index < -0.39 is 17.9 Å². The molecule has 0 fully saturated rings. The van der Waals surface area contributed by atoms with Gasteiger partial charge in [-0.1, -0.05) is 18.2 Å². The first kappa shape index (κ1) is 18.3. The second kappa shape index (κ2) is 9.31. The van der Waals surface area contributed by atoms with E-state index in [2.05, 4.69) is 27.8 Å². The highest BCUT2D eigenvalue weighted by Crippen LogP contribution is 2.12. The van der Waals surface area contributed by atoms with Crippen molar-refractivity contribution in [3.05, 3.63) is 41.6 Å². The number of anilines is 1. The lowest BCUT2D eigenvalue weighted by Crippen LogP contribution is -2.40. The summed E-state index contributed by atoms with van der Waals surface area (Å²) in [4.78, 5) is 33.5. The van der Waals surface area contributed by atoms with Gasteiger partial charge >= 0.3 is 12.0 Å². The number of carbonyl (C=O) groups is 3. The summed E-state index contributed by atoms with van der Waals surface area (Å²) in [5.41, 5.74) is 0.893. The molecule has 23 heavy (non-hydrogen) atoms. The average Bonchev–Trinajstić information content (AvgIpc) is 2.51. The molecular weight excluding hydrogens is 324 g/mol. The second-order valence-electron chi connectivity index (χ2n) is 4.44. The normalized spacial score (nSPS) is 9.61. The minimum Gasteiger partial charge on any atom is -0.480 e. The predicted molar refractivity (Wildman–Crippen MR) is 86.3 cm³/mol. The van der Waals surface area contributed by atoms with Crippen LogP contribution >= 0.6 is 11.6 Å². The molecule has 0 bridgehead atoms. The number of nitrogens with one attached hydrogen (secondary N) is 4. The van der Waals surface area contributed by atoms with Crippen LogP contribution in [0.4, 0.5) is 10.5 Å². The van der Waals surface area contributed by atoms with Gasteiger partial charge in [-0.3, -0.25) is 9.59 Å². The summed E-state index contributed by atoms with van der Waals surface area (Å²) < 4.78 is 0. The third-order valence-electron chi connectivity index (χ3n) is 2.50. The van der Waals surface area contributed by atoms with E-state index in [4.69, 9.17) is 16.7 Å². The first-order chi connectivity index (χ1) is 10.9. The van der Waals surface area contributed by atoms with Crippen molar-refractivity contribution in [1.29, 1.82) is 0 Å². The number of benzene rings is 1. The first-order valence-electron chi connectivity index (χ1n) is 6.57. The van der Waals surface area contributed by atoms with Crippen molar-refractivity contribution in [2.75, 3.05) is 25.0 Å². The summed E-state index contributed by atoms with van der Waals surface area (Å²) in [5, 5.41) is 18.9. The summed E-state index contributed by atoms with van der Waals surface area (Å²) in [5.74, 6) is -1.47. The summed E-state index contributed by atoms with van der Waals surface area (Å²) >= 11 is 5.72. The molecule has 1 aromatic carbocycles. The van der Waals surface area contributed by atoms with Gasteiger partial charge in [-0.05, 0) is 24.3 Å². The quantitative estimate of drug-likeness (QED) is 0.479. The lowest BCUT2D eigenvalue weighted by molar-refractivity contribution is -0.135. The zero-order valence-electron chi connectivity index (χ0n) is 12.2. The number of aliphatic carboxylic acids is 1. The molecule has 0 spiro atoms. The minimum atomic E-state index is -1.03. The summed E-state index contributed by atoms with van der Waals surface area (Å²) in [7, 11) is 0. The molecule has 0 aliphatic rings. The van der Waals surface area contributed by atoms with Crippen molar-refractivity contribution in [2.45, 2.75) is 0 Å². The van der Waals surface area contributed by atoms with E-state index in [9.17, 15) is 14.4 Å². The Morgan fingerprint density at radius 1 is 1.00 bits per heavy atom. The van der Waals surface area contributed by atoms with Crippen LogP contribution in [0, 0.1) is 0 Å². The van der Waals surface area contributed by atoms with Crippen LogP contribution in [0.25, 0.3) is 0 Å². The SMILES string of the molecule is C=C(CNC(=O)CNC(=O)Nc1ccc(Cl)cc1)NCC(=O)O. The van der Waals surface area contributed by atoms with Gasteiger partial charge in [-0.25, -0.2) is 4.79 Å². The molecule has 0 aliphatic heterocycles. The Morgan fingerprint density at radius 2 is 1.65 bits per heavy atom. The number of urea groups is 1. The Balaban J connectivity index is 2.22. The van der Waals surface area contributed by atoms with Crippen molar-refractivity contribution in [3.8, 4) is 0 Å². The van der Waals surface area contributed by atoms with Crippen molar-refractivity contribution in [3.63, 3.8) is 0 Å². The third-order valence-corrected chi connectivity index (χ3v) is 2.75. The number of carboxylic acids is 1. The molecule has 5 N–H and O–H groups in total. The van der Waals surface area contributed by atoms with E-state index in [1.54, 1.807) is 24.3 Å². The van der Waals surface area contributed by atoms with Gasteiger partial charge in [0.05, 0.1) is 13.1 Å². The van der Waals surface area contributed by atoms with E-state index >= 15 is 0 Å². The van der Waals surface area contributed by atoms with Gasteiger partial charge in [0.2, 0.25) is 5.91 Å². The van der Waals surface area contributed by atoms with Crippen molar-refractivity contribution >= 4 is 35.2 Å². The Kier molecular flexibility index (Phi) is 7.41. The van der Waals surface area contributed by atoms with Gasteiger partial charge in [0.1, 0.15) is 6.54 Å². The molecule has 3 amide bonds. The van der Waals surface area contributed by atoms with Gasteiger partial charge in [0.25, 0.3) is 0 Å². The summed E-state index contributed by atoms with van der Waals surface area (Å²) in [6.07, 6.45) is 0. The maximum Gasteiger partial charge on any atom is 0.322 e. The standard InChI is InChI=1S/C14H17ClN4O4/c1-9(16-8-13(21)22)6-17-12(20)7-18-14(23)19-11-4-2-10(15)3-5-11/h2-5,16H,1,6-8H2,(H,17,20)(H,21,22)(H2,18,19,23). The topological polar surface area (TPSA) is 120 Å². The van der Waals surface area contributed by atoms with Crippen LogP contribution in [0.2, 0.25) is 5.02 Å². The number of rotatable bonds is 8. The fourth-order valence-electron chi connectivity index (χ4n) is 1.40. The monoisotopic (exact) mass is 340 g/mol. The maximum atomic E-state index is 11.6. The Hall–Kier alpha value is -2.74. The highest BCUT2D eigenvalue weighted by molar-refractivity contribution is 6.30. The maximum absolute atomic E-state index is 11.6. The van der Waals surface area contributed by atoms with Crippen LogP contribution in [-0.4, -0.2) is 42.6 Å². The lowest BCUT2D eigenvalue weighted by atomic mass is 10.3. The number of carbonyl (C=O) groups excluding carboxylic acids is 2. The van der Waals surface area contributed by atoms with Gasteiger partial charge in [-0.15, -0.1) is 0 Å². The molecule has 0 aliphatic carbocycles. The van der Waals surface area contributed by atoms with Crippen LogP contribution < -0.4 is 21.3 Å². The Morgan fingerprint density at radius 3 is 2.26 bits per heavy atom. The largest absolute Gasteiger partial charge is 0.480 e. The van der Waals surface area contributed by atoms with E-state index in [1.807, 2.05) is 0 Å². The molecule has 0 atom stereocenters. The van der Waals surface area contributed by atoms with Crippen LogP contribution in [0.15, 0.2) is 36.5 Å². The van der Waals surface area contributed by atoms with Crippen molar-refractivity contribution in [1.82, 2.24) is 16.0 Å². The first-order valence-corrected chi connectivity index (χ1v) is 6.95. The molecule has 0 aromatic heterocycles. The van der Waals surface area contributed by atoms with Gasteiger partial charge < -0.3 is 26.4 Å². The smallest absolute Gasteiger partial charge is 0.322 e. The average molecular weight is 341 g/mol. The molecule has 8 nitrogen and oxygen atoms in total. The molecule has 1 rings (SSSR count). The number of halogens is 1. The Labute approximate surface area is 137 Å². The molecule has 124 valence electrons. The predicted octanol–water partition coefficient (Wildman–Crippen LogP) is 0.766. The summed E-state index contributed by atoms with van der Waals surface area (Å²) in [6, 6.07) is 5.96. The van der Waals surface area contributed by atoms with Crippen LogP contribution in [-0.2, 0) is 9.59 Å². The van der Waals surface area contributed by atoms with E-state index in [-0.39, 0.29) is 19.6 Å². The van der Waals surface area contributed by atoms with Crippen LogP contribution in [0.1, 0.15) is 0 Å². The molecule has 0 saturated carbocycles. The molecule has 1 aromatic rings. The van der Waals surface area contributed by atoms with E-state index in [1.165, 1.54) is 0 Å². The van der Waals surface area contributed by atoms with Gasteiger partial charge in [0.15, 0.2) is 0 Å². The molecule has 0 heterocycles. The number of hydrogen-bond acceptors (Lipinski definition) is 4. The number of hydrogen-bond donors (Lipinski definition) is 5. The molecule has 9 heteroatoms. The van der Waals surface area contributed by atoms with E-state index in [0.717, 1.165) is 0 Å². The Bertz CT molecular complexity index is 589. The fourth-order valence-corrected chi connectivity index (χ4v) is 1.53. The molecule has 0 radical (unpaired) electrons. The highest BCUT2D eigenvalue weighted by Gasteiger charge is 2.06. The number of carboxylic acid groups (broad SMARTS) is 1. The number of amides is 3.